The minimum atomic E-state index is 0.0430. The van der Waals surface area contributed by atoms with E-state index in [4.69, 9.17) is 5.73 Å². The van der Waals surface area contributed by atoms with Gasteiger partial charge < -0.3 is 5.73 Å². The molecule has 0 saturated heterocycles. The number of allylic oxidation sites excluding steroid dienone is 1. The summed E-state index contributed by atoms with van der Waals surface area (Å²) in [5.74, 6) is 0.633. The van der Waals surface area contributed by atoms with Crippen molar-refractivity contribution in [3.63, 3.8) is 0 Å². The molecular weight excluding hydrogens is 290 g/mol. The summed E-state index contributed by atoms with van der Waals surface area (Å²) in [6.45, 7) is 10.9. The van der Waals surface area contributed by atoms with E-state index in [-0.39, 0.29) is 5.54 Å². The van der Waals surface area contributed by atoms with E-state index in [0.717, 1.165) is 6.42 Å². The van der Waals surface area contributed by atoms with Crippen LogP contribution in [0, 0.1) is 5.92 Å². The molecule has 0 aliphatic heterocycles. The Hall–Kier alpha value is -0.300. The van der Waals surface area contributed by atoms with E-state index < -0.39 is 0 Å². The van der Waals surface area contributed by atoms with Gasteiger partial charge in [0.2, 0.25) is 0 Å². The molecule has 0 aromatic rings. The second-order valence-electron chi connectivity index (χ2n) is 7.93. The van der Waals surface area contributed by atoms with Gasteiger partial charge in [0.25, 0.3) is 0 Å². The van der Waals surface area contributed by atoms with Gasteiger partial charge in [-0.05, 0) is 31.6 Å². The van der Waals surface area contributed by atoms with Crippen LogP contribution < -0.4 is 5.73 Å². The molecule has 0 aliphatic carbocycles. The topological polar surface area (TPSA) is 26.0 Å². The van der Waals surface area contributed by atoms with Crippen molar-refractivity contribution in [2.45, 2.75) is 129 Å². The van der Waals surface area contributed by atoms with Gasteiger partial charge in [0.1, 0.15) is 0 Å². The Balaban J connectivity index is 4.27. The number of rotatable bonds is 18. The first-order chi connectivity index (χ1) is 11.6. The van der Waals surface area contributed by atoms with Crippen molar-refractivity contribution in [2.24, 2.45) is 11.7 Å². The van der Waals surface area contributed by atoms with Crippen molar-refractivity contribution in [3.05, 3.63) is 12.7 Å². The molecular formula is C23H47N. The highest BCUT2D eigenvalue weighted by Crippen LogP contribution is 2.33. The highest BCUT2D eigenvalue weighted by molar-refractivity contribution is 4.94. The quantitative estimate of drug-likeness (QED) is 0.200. The van der Waals surface area contributed by atoms with Crippen molar-refractivity contribution in [3.8, 4) is 0 Å². The summed E-state index contributed by atoms with van der Waals surface area (Å²) in [6, 6.07) is 0. The van der Waals surface area contributed by atoms with E-state index in [0.29, 0.717) is 5.92 Å². The fourth-order valence-electron chi connectivity index (χ4n) is 3.91. The van der Waals surface area contributed by atoms with Gasteiger partial charge in [-0.1, -0.05) is 104 Å². The zero-order chi connectivity index (χ0) is 18.1. The lowest BCUT2D eigenvalue weighted by Crippen LogP contribution is -2.47. The summed E-state index contributed by atoms with van der Waals surface area (Å²) in [6.07, 6.45) is 23.1. The summed E-state index contributed by atoms with van der Waals surface area (Å²) >= 11 is 0. The molecule has 0 radical (unpaired) electrons. The molecule has 0 spiro atoms. The second-order valence-corrected chi connectivity index (χ2v) is 7.93. The van der Waals surface area contributed by atoms with Crippen LogP contribution >= 0.6 is 0 Å². The fourth-order valence-corrected chi connectivity index (χ4v) is 3.91. The fraction of sp³-hybridized carbons (Fsp3) is 0.913. The van der Waals surface area contributed by atoms with Gasteiger partial charge >= 0.3 is 0 Å². The SMILES string of the molecule is C=CCC(CCCCCCCCCC)C(N)(CCCC)CCCC. The Morgan fingerprint density at radius 3 is 1.67 bits per heavy atom. The van der Waals surface area contributed by atoms with Gasteiger partial charge in [-0.3, -0.25) is 0 Å². The molecule has 1 unspecified atom stereocenters. The van der Waals surface area contributed by atoms with Gasteiger partial charge in [0.05, 0.1) is 0 Å². The molecule has 2 N–H and O–H groups in total. The van der Waals surface area contributed by atoms with Gasteiger partial charge in [-0.2, -0.15) is 0 Å². The maximum absolute atomic E-state index is 6.95. The van der Waals surface area contributed by atoms with Gasteiger partial charge in [-0.25, -0.2) is 0 Å². The van der Waals surface area contributed by atoms with Crippen molar-refractivity contribution >= 4 is 0 Å². The third-order valence-electron chi connectivity index (χ3n) is 5.66. The molecule has 0 aromatic heterocycles. The molecule has 0 heterocycles. The van der Waals surface area contributed by atoms with E-state index in [1.54, 1.807) is 0 Å². The summed E-state index contributed by atoms with van der Waals surface area (Å²) in [7, 11) is 0. The summed E-state index contributed by atoms with van der Waals surface area (Å²) < 4.78 is 0. The molecule has 0 amide bonds. The van der Waals surface area contributed by atoms with Crippen LogP contribution in [-0.2, 0) is 0 Å². The van der Waals surface area contributed by atoms with E-state index in [9.17, 15) is 0 Å². The normalized spacial score (nSPS) is 13.2. The van der Waals surface area contributed by atoms with Gasteiger partial charge in [-0.15, -0.1) is 6.58 Å². The van der Waals surface area contributed by atoms with Crippen molar-refractivity contribution in [1.29, 1.82) is 0 Å². The van der Waals surface area contributed by atoms with Crippen LogP contribution in [0.5, 0.6) is 0 Å². The van der Waals surface area contributed by atoms with Crippen LogP contribution in [0.2, 0.25) is 0 Å². The summed E-state index contributed by atoms with van der Waals surface area (Å²) in [5, 5.41) is 0. The van der Waals surface area contributed by atoms with Crippen molar-refractivity contribution in [1.82, 2.24) is 0 Å². The predicted octanol–water partition coefficient (Wildman–Crippen LogP) is 7.79. The minimum Gasteiger partial charge on any atom is -0.325 e. The average molecular weight is 338 g/mol. The van der Waals surface area contributed by atoms with Crippen LogP contribution in [0.15, 0.2) is 12.7 Å². The molecule has 0 aliphatic rings. The number of nitrogens with two attached hydrogens (primary N) is 1. The lowest BCUT2D eigenvalue weighted by Gasteiger charge is -2.38. The second kappa shape index (κ2) is 16.2. The van der Waals surface area contributed by atoms with Crippen LogP contribution in [0.1, 0.15) is 124 Å². The molecule has 0 rings (SSSR count). The molecule has 1 heteroatoms. The monoisotopic (exact) mass is 337 g/mol. The maximum Gasteiger partial charge on any atom is 0.0185 e. The van der Waals surface area contributed by atoms with Gasteiger partial charge in [0.15, 0.2) is 0 Å². The number of unbranched alkanes of at least 4 members (excludes halogenated alkanes) is 9. The molecule has 24 heavy (non-hydrogen) atoms. The Morgan fingerprint density at radius 1 is 0.750 bits per heavy atom. The highest BCUT2D eigenvalue weighted by Gasteiger charge is 2.32. The zero-order valence-electron chi connectivity index (χ0n) is 17.3. The third kappa shape index (κ3) is 11.3. The van der Waals surface area contributed by atoms with Crippen LogP contribution in [-0.4, -0.2) is 5.54 Å². The highest BCUT2D eigenvalue weighted by atomic mass is 14.8. The lowest BCUT2D eigenvalue weighted by molar-refractivity contribution is 0.208. The molecule has 0 fully saturated rings. The van der Waals surface area contributed by atoms with Crippen LogP contribution in [0.4, 0.5) is 0 Å². The first-order valence-corrected chi connectivity index (χ1v) is 11.0. The molecule has 1 nitrogen and oxygen atoms in total. The molecule has 0 saturated carbocycles. The summed E-state index contributed by atoms with van der Waals surface area (Å²) in [4.78, 5) is 0. The predicted molar refractivity (Wildman–Crippen MR) is 111 cm³/mol. The maximum atomic E-state index is 6.95. The Kier molecular flexibility index (Phi) is 16.0. The largest absolute Gasteiger partial charge is 0.325 e. The van der Waals surface area contributed by atoms with Crippen molar-refractivity contribution in [2.75, 3.05) is 0 Å². The van der Waals surface area contributed by atoms with Crippen LogP contribution in [0.25, 0.3) is 0 Å². The van der Waals surface area contributed by atoms with E-state index in [1.807, 2.05) is 0 Å². The average Bonchev–Trinajstić information content (AvgIpc) is 2.59. The van der Waals surface area contributed by atoms with E-state index in [1.165, 1.54) is 96.3 Å². The third-order valence-corrected chi connectivity index (χ3v) is 5.66. The van der Waals surface area contributed by atoms with Crippen molar-refractivity contribution < 1.29 is 0 Å². The Labute approximate surface area is 153 Å². The van der Waals surface area contributed by atoms with E-state index in [2.05, 4.69) is 33.4 Å². The molecule has 0 bridgehead atoms. The standard InChI is InChI=1S/C23H47N/c1-5-9-12-13-14-15-16-17-19-22(18-8-4)23(24,20-10-6-2)21-11-7-3/h8,22H,4-7,9-21,24H2,1-3H3. The first-order valence-electron chi connectivity index (χ1n) is 11.0. The van der Waals surface area contributed by atoms with E-state index >= 15 is 0 Å². The first kappa shape index (κ1) is 23.7. The lowest BCUT2D eigenvalue weighted by atomic mass is 9.73. The van der Waals surface area contributed by atoms with Gasteiger partial charge in [0, 0.05) is 5.54 Å². The summed E-state index contributed by atoms with van der Waals surface area (Å²) in [5.41, 5.74) is 6.99. The number of hydrogen-bond donors (Lipinski definition) is 1. The van der Waals surface area contributed by atoms with Crippen LogP contribution in [0.3, 0.4) is 0 Å². The Bertz CT molecular complexity index is 263. The number of hydrogen-bond acceptors (Lipinski definition) is 1. The molecule has 0 aromatic carbocycles. The molecule has 1 atom stereocenters. The molecule has 144 valence electrons. The smallest absolute Gasteiger partial charge is 0.0185 e. The Morgan fingerprint density at radius 2 is 1.21 bits per heavy atom. The minimum absolute atomic E-state index is 0.0430. The zero-order valence-corrected chi connectivity index (χ0v) is 17.3.